The highest BCUT2D eigenvalue weighted by molar-refractivity contribution is 5.77. The molecular weight excluding hydrogens is 328 g/mol. The fraction of sp³-hybridized carbons (Fsp3) is 0.667. The average molecular weight is 346 g/mol. The molecule has 7 nitrogen and oxygen atoms in total. The van der Waals surface area contributed by atoms with E-state index >= 15 is 0 Å². The van der Waals surface area contributed by atoms with Crippen molar-refractivity contribution in [3.8, 4) is 0 Å². The number of fused-ring (bicyclic) bond motifs is 2. The molecule has 132 valence electrons. The van der Waals surface area contributed by atoms with E-state index in [9.17, 15) is 9.59 Å². The first-order valence-corrected chi connectivity index (χ1v) is 8.80. The third-order valence-corrected chi connectivity index (χ3v) is 6.70. The van der Waals surface area contributed by atoms with Gasteiger partial charge in [0.25, 0.3) is 0 Å². The first-order chi connectivity index (χ1) is 12.0. The van der Waals surface area contributed by atoms with Gasteiger partial charge in [0, 0.05) is 0 Å². The van der Waals surface area contributed by atoms with Crippen LogP contribution in [0.4, 0.5) is 0 Å². The second kappa shape index (κ2) is 4.45. The summed E-state index contributed by atoms with van der Waals surface area (Å²) >= 11 is 0. The van der Waals surface area contributed by atoms with Crippen molar-refractivity contribution >= 4 is 11.9 Å². The smallest absolute Gasteiger partial charge is 0.312 e. The van der Waals surface area contributed by atoms with Crippen LogP contribution in [0.2, 0.25) is 0 Å². The molecule has 6 aliphatic rings. The molecule has 6 rings (SSSR count). The minimum absolute atomic E-state index is 0.100. The lowest BCUT2D eigenvalue weighted by molar-refractivity contribution is -0.144. The largest absolute Gasteiger partial charge is 0.466 e. The van der Waals surface area contributed by atoms with Crippen molar-refractivity contribution in [1.82, 2.24) is 0 Å². The topological polar surface area (TPSA) is 80.3 Å². The van der Waals surface area contributed by atoms with E-state index in [4.69, 9.17) is 23.7 Å². The zero-order valence-corrected chi connectivity index (χ0v) is 13.5. The second-order valence-corrected chi connectivity index (χ2v) is 7.85. The van der Waals surface area contributed by atoms with E-state index in [1.54, 1.807) is 0 Å². The Morgan fingerprint density at radius 3 is 1.68 bits per heavy atom. The lowest BCUT2D eigenvalue weighted by atomic mass is 9.80. The molecule has 6 aliphatic heterocycles. The summed E-state index contributed by atoms with van der Waals surface area (Å²) in [6, 6.07) is 0. The van der Waals surface area contributed by atoms with Crippen molar-refractivity contribution in [3.05, 3.63) is 24.7 Å². The van der Waals surface area contributed by atoms with Crippen molar-refractivity contribution in [2.24, 2.45) is 23.7 Å². The standard InChI is InChI=1S/C18H18O7/c1-5(11-9-3-7-13(22-9)15(11)24-17(7)19)21-6(2)12-10-4-8-14(23-10)16(12)25-18(8)20/h7-16H,1-4H2. The molecule has 0 amide bonds. The number of carbonyl (C=O) groups is 2. The molecule has 0 N–H and O–H groups in total. The van der Waals surface area contributed by atoms with E-state index in [-0.39, 0.29) is 72.2 Å². The molecule has 0 aromatic heterocycles. The summed E-state index contributed by atoms with van der Waals surface area (Å²) in [6.07, 6.45) is 0.102. The van der Waals surface area contributed by atoms with Crippen molar-refractivity contribution in [2.45, 2.75) is 49.5 Å². The third-order valence-electron chi connectivity index (χ3n) is 6.70. The van der Waals surface area contributed by atoms with Crippen LogP contribution in [-0.4, -0.2) is 48.6 Å². The summed E-state index contributed by atoms with van der Waals surface area (Å²) in [6.45, 7) is 8.09. The van der Waals surface area contributed by atoms with E-state index in [0.29, 0.717) is 24.4 Å². The van der Waals surface area contributed by atoms with Gasteiger partial charge in [-0.15, -0.1) is 0 Å². The molecule has 0 aromatic carbocycles. The van der Waals surface area contributed by atoms with Crippen molar-refractivity contribution in [3.63, 3.8) is 0 Å². The monoisotopic (exact) mass is 346 g/mol. The number of carbonyl (C=O) groups excluding carboxylic acids is 2. The van der Waals surface area contributed by atoms with Crippen LogP contribution in [0.5, 0.6) is 0 Å². The fourth-order valence-corrected chi connectivity index (χ4v) is 5.65. The van der Waals surface area contributed by atoms with Gasteiger partial charge in [0.2, 0.25) is 0 Å². The summed E-state index contributed by atoms with van der Waals surface area (Å²) in [5.41, 5.74) is 0. The van der Waals surface area contributed by atoms with E-state index in [0.717, 1.165) is 0 Å². The molecule has 7 heteroatoms. The Hall–Kier alpha value is -1.86. The number of rotatable bonds is 4. The van der Waals surface area contributed by atoms with Crippen molar-refractivity contribution in [1.29, 1.82) is 0 Å². The van der Waals surface area contributed by atoms with Crippen LogP contribution in [0.3, 0.4) is 0 Å². The maximum Gasteiger partial charge on any atom is 0.312 e. The van der Waals surface area contributed by atoms with Crippen molar-refractivity contribution in [2.75, 3.05) is 0 Å². The van der Waals surface area contributed by atoms with Crippen LogP contribution in [0, 0.1) is 23.7 Å². The van der Waals surface area contributed by atoms with Crippen LogP contribution in [0.25, 0.3) is 0 Å². The minimum Gasteiger partial charge on any atom is -0.466 e. The Labute approximate surface area is 143 Å². The minimum atomic E-state index is -0.318. The number of hydrogen-bond acceptors (Lipinski definition) is 7. The molecule has 0 spiro atoms. The molecule has 0 saturated carbocycles. The fourth-order valence-electron chi connectivity index (χ4n) is 5.65. The SMILES string of the molecule is C=C(OC(=C)C1C2CC3C(=O)OC1C3O2)C1C2CC3C(=O)OC1C3O2. The van der Waals surface area contributed by atoms with Crippen LogP contribution in [-0.2, 0) is 33.3 Å². The van der Waals surface area contributed by atoms with Gasteiger partial charge >= 0.3 is 11.9 Å². The summed E-state index contributed by atoms with van der Waals surface area (Å²) in [5, 5.41) is 0. The summed E-state index contributed by atoms with van der Waals surface area (Å²) in [4.78, 5) is 23.7. The predicted octanol–water partition coefficient (Wildman–Crippen LogP) is 0.688. The van der Waals surface area contributed by atoms with Crippen LogP contribution >= 0.6 is 0 Å². The Balaban J connectivity index is 1.19. The van der Waals surface area contributed by atoms with Gasteiger partial charge in [0.05, 0.1) is 35.9 Å². The van der Waals surface area contributed by atoms with Gasteiger partial charge in [0.15, 0.2) is 0 Å². The highest BCUT2D eigenvalue weighted by atomic mass is 16.6. The van der Waals surface area contributed by atoms with Gasteiger partial charge in [-0.25, -0.2) is 0 Å². The molecule has 0 aliphatic carbocycles. The molecule has 6 saturated heterocycles. The van der Waals surface area contributed by atoms with E-state index in [1.807, 2.05) is 0 Å². The summed E-state index contributed by atoms with van der Waals surface area (Å²) < 4.78 is 28.6. The molecule has 10 atom stereocenters. The lowest BCUT2D eigenvalue weighted by Crippen LogP contribution is -2.36. The normalized spacial score (nSPS) is 53.3. The highest BCUT2D eigenvalue weighted by Crippen LogP contribution is 2.54. The summed E-state index contributed by atoms with van der Waals surface area (Å²) in [7, 11) is 0. The number of ether oxygens (including phenoxy) is 5. The number of esters is 2. The predicted molar refractivity (Wildman–Crippen MR) is 79.6 cm³/mol. The van der Waals surface area contributed by atoms with Crippen LogP contribution < -0.4 is 0 Å². The molecule has 0 radical (unpaired) electrons. The molecule has 10 unspecified atom stereocenters. The van der Waals surface area contributed by atoms with Gasteiger partial charge in [-0.3, -0.25) is 9.59 Å². The molecule has 4 bridgehead atoms. The van der Waals surface area contributed by atoms with Crippen LogP contribution in [0.15, 0.2) is 24.7 Å². The maximum atomic E-state index is 11.8. The van der Waals surface area contributed by atoms with Gasteiger partial charge < -0.3 is 23.7 Å². The van der Waals surface area contributed by atoms with Gasteiger partial charge in [-0.05, 0) is 12.8 Å². The second-order valence-electron chi connectivity index (χ2n) is 7.85. The highest BCUT2D eigenvalue weighted by Gasteiger charge is 2.66. The van der Waals surface area contributed by atoms with E-state index in [2.05, 4.69) is 13.2 Å². The van der Waals surface area contributed by atoms with Gasteiger partial charge in [-0.2, -0.15) is 0 Å². The first kappa shape index (κ1) is 14.3. The Morgan fingerprint density at radius 2 is 1.24 bits per heavy atom. The maximum absolute atomic E-state index is 11.8. The summed E-state index contributed by atoms with van der Waals surface area (Å²) in [5.74, 6) is -0.00884. The Morgan fingerprint density at radius 1 is 0.800 bits per heavy atom. The molecule has 6 fully saturated rings. The van der Waals surface area contributed by atoms with Crippen LogP contribution in [0.1, 0.15) is 12.8 Å². The molecule has 6 heterocycles. The lowest BCUT2D eigenvalue weighted by Gasteiger charge is -2.28. The molecule has 25 heavy (non-hydrogen) atoms. The Kier molecular flexibility index (Phi) is 2.55. The first-order valence-electron chi connectivity index (χ1n) is 8.80. The third kappa shape index (κ3) is 1.63. The quantitative estimate of drug-likeness (QED) is 0.547. The van der Waals surface area contributed by atoms with Gasteiger partial charge in [-0.1, -0.05) is 13.2 Å². The van der Waals surface area contributed by atoms with E-state index < -0.39 is 0 Å². The number of hydrogen-bond donors (Lipinski definition) is 0. The Bertz CT molecular complexity index is 669. The zero-order valence-electron chi connectivity index (χ0n) is 13.5. The molecule has 0 aromatic rings. The zero-order chi connectivity index (χ0) is 17.0. The van der Waals surface area contributed by atoms with E-state index in [1.165, 1.54) is 0 Å². The average Bonchev–Trinajstić information content (AvgIpc) is 3.32. The van der Waals surface area contributed by atoms with Crippen molar-refractivity contribution < 1.29 is 33.3 Å². The van der Waals surface area contributed by atoms with Gasteiger partial charge in [0.1, 0.15) is 35.9 Å². The molecular formula is C18H18O7.